The molecule has 0 N–H and O–H groups in total. The van der Waals surface area contributed by atoms with Crippen LogP contribution in [-0.2, 0) is 9.53 Å². The molecule has 0 unspecified atom stereocenters. The summed E-state index contributed by atoms with van der Waals surface area (Å²) in [5, 5.41) is 0.417. The Morgan fingerprint density at radius 3 is 2.55 bits per heavy atom. The first-order chi connectivity index (χ1) is 14.1. The topological polar surface area (TPSA) is 63.6 Å². The molecule has 2 heterocycles. The van der Waals surface area contributed by atoms with Crippen LogP contribution in [-0.4, -0.2) is 63.7 Å². The van der Waals surface area contributed by atoms with Gasteiger partial charge < -0.3 is 14.2 Å². The normalized spacial score (nSPS) is 18.2. The maximum absolute atomic E-state index is 13.3. The summed E-state index contributed by atoms with van der Waals surface area (Å²) < 4.78 is 16.1. The highest BCUT2D eigenvalue weighted by Gasteiger charge is 2.35. The second-order valence-corrected chi connectivity index (χ2v) is 7.15. The predicted octanol–water partition coefficient (Wildman–Crippen LogP) is 3.11. The summed E-state index contributed by atoms with van der Waals surface area (Å²) in [6, 6.07) is 11.0. The van der Waals surface area contributed by atoms with Gasteiger partial charge in [-0.15, -0.1) is 0 Å². The van der Waals surface area contributed by atoms with E-state index in [0.29, 0.717) is 47.8 Å². The Hall–Kier alpha value is -2.61. The second kappa shape index (κ2) is 8.41. The molecule has 8 heteroatoms. The van der Waals surface area contributed by atoms with E-state index in [4.69, 9.17) is 25.8 Å². The first-order valence-electron chi connectivity index (χ1n) is 9.34. The number of methoxy groups -OCH3 is 2. The van der Waals surface area contributed by atoms with Gasteiger partial charge in [0.15, 0.2) is 0 Å². The van der Waals surface area contributed by atoms with Crippen molar-refractivity contribution in [3.05, 3.63) is 47.0 Å². The van der Waals surface area contributed by atoms with E-state index in [1.807, 2.05) is 24.3 Å². The van der Waals surface area contributed by atoms with Crippen LogP contribution in [0, 0.1) is 0 Å². The zero-order valence-electron chi connectivity index (χ0n) is 16.4. The molecule has 0 atom stereocenters. The summed E-state index contributed by atoms with van der Waals surface area (Å²) >= 11 is 6.19. The number of carbonyl (C=O) groups is 1. The average molecular weight is 416 g/mol. The van der Waals surface area contributed by atoms with Crippen molar-refractivity contribution in [3.63, 3.8) is 0 Å². The maximum atomic E-state index is 13.3. The van der Waals surface area contributed by atoms with Gasteiger partial charge >= 0.3 is 0 Å². The summed E-state index contributed by atoms with van der Waals surface area (Å²) in [6.07, 6.45) is 0. The van der Waals surface area contributed by atoms with E-state index in [1.165, 1.54) is 14.2 Å². The van der Waals surface area contributed by atoms with Crippen LogP contribution in [0.5, 0.6) is 11.5 Å². The number of benzene rings is 2. The molecule has 152 valence electrons. The van der Waals surface area contributed by atoms with Crippen LogP contribution in [0.1, 0.15) is 5.56 Å². The molecule has 7 nitrogen and oxygen atoms in total. The molecule has 2 aromatic carbocycles. The molecule has 0 radical (unpaired) electrons. The Morgan fingerprint density at radius 1 is 1.10 bits per heavy atom. The minimum atomic E-state index is -0.145. The number of hydrogen-bond acceptors (Lipinski definition) is 6. The van der Waals surface area contributed by atoms with Gasteiger partial charge in [-0.3, -0.25) is 14.6 Å². The number of morpholine rings is 1. The van der Waals surface area contributed by atoms with Crippen LogP contribution in [0.4, 0.5) is 11.4 Å². The zero-order valence-corrected chi connectivity index (χ0v) is 17.1. The number of carbonyl (C=O) groups excluding carboxylic acids is 1. The molecule has 1 fully saturated rings. The lowest BCUT2D eigenvalue weighted by Gasteiger charge is -2.30. The Bertz CT molecular complexity index is 957. The largest absolute Gasteiger partial charge is 0.495 e. The van der Waals surface area contributed by atoms with Gasteiger partial charge in [-0.25, -0.2) is 4.99 Å². The van der Waals surface area contributed by atoms with Gasteiger partial charge in [0.25, 0.3) is 5.91 Å². The number of halogens is 1. The number of para-hydroxylation sites is 1. The highest BCUT2D eigenvalue weighted by Crippen LogP contribution is 2.39. The lowest BCUT2D eigenvalue weighted by atomic mass is 10.1. The molecule has 1 amide bonds. The van der Waals surface area contributed by atoms with Gasteiger partial charge in [-0.2, -0.15) is 0 Å². The van der Waals surface area contributed by atoms with Crippen molar-refractivity contribution >= 4 is 34.6 Å². The molecule has 0 saturated carbocycles. The van der Waals surface area contributed by atoms with Crippen molar-refractivity contribution in [1.82, 2.24) is 4.90 Å². The summed E-state index contributed by atoms with van der Waals surface area (Å²) in [5.74, 6) is 0.796. The van der Waals surface area contributed by atoms with Crippen molar-refractivity contribution < 1.29 is 19.0 Å². The number of amides is 1. The van der Waals surface area contributed by atoms with Crippen LogP contribution >= 0.6 is 11.6 Å². The Kier molecular flexibility index (Phi) is 5.71. The summed E-state index contributed by atoms with van der Waals surface area (Å²) in [5.41, 5.74) is 2.50. The lowest BCUT2D eigenvalue weighted by molar-refractivity contribution is -0.112. The maximum Gasteiger partial charge on any atom is 0.278 e. The summed E-state index contributed by atoms with van der Waals surface area (Å²) in [7, 11) is 3.07. The molecule has 0 bridgehead atoms. The van der Waals surface area contributed by atoms with Crippen LogP contribution in [0.2, 0.25) is 5.02 Å². The number of nitrogens with zero attached hydrogens (tertiary/aromatic N) is 3. The van der Waals surface area contributed by atoms with Crippen LogP contribution in [0.25, 0.3) is 0 Å². The number of fused-ring (bicyclic) bond motifs is 1. The van der Waals surface area contributed by atoms with Crippen molar-refractivity contribution in [2.24, 2.45) is 4.99 Å². The molecule has 2 aliphatic heterocycles. The molecule has 2 aromatic rings. The average Bonchev–Trinajstić information content (AvgIpc) is 3.01. The number of anilines is 1. The quantitative estimate of drug-likeness (QED) is 0.750. The molecule has 29 heavy (non-hydrogen) atoms. The monoisotopic (exact) mass is 415 g/mol. The number of aliphatic imine (C=N–C) groups is 1. The summed E-state index contributed by atoms with van der Waals surface area (Å²) in [4.78, 5) is 21.9. The molecule has 0 aromatic heterocycles. The minimum Gasteiger partial charge on any atom is -0.495 e. The molecular formula is C21H22ClN3O4. The van der Waals surface area contributed by atoms with Crippen molar-refractivity contribution in [2.45, 2.75) is 0 Å². The van der Waals surface area contributed by atoms with Gasteiger partial charge in [-0.05, 0) is 6.07 Å². The van der Waals surface area contributed by atoms with E-state index in [-0.39, 0.29) is 5.91 Å². The third kappa shape index (κ3) is 3.81. The van der Waals surface area contributed by atoms with Gasteiger partial charge in [-0.1, -0.05) is 29.8 Å². The highest BCUT2D eigenvalue weighted by molar-refractivity contribution is 6.54. The Balaban J connectivity index is 1.73. The van der Waals surface area contributed by atoms with Crippen molar-refractivity contribution in [3.8, 4) is 11.5 Å². The van der Waals surface area contributed by atoms with Crippen LogP contribution in [0.3, 0.4) is 0 Å². The first kappa shape index (κ1) is 19.7. The number of hydrogen-bond donors (Lipinski definition) is 0. The molecule has 1 saturated heterocycles. The fourth-order valence-electron chi connectivity index (χ4n) is 3.50. The summed E-state index contributed by atoms with van der Waals surface area (Å²) in [6.45, 7) is 3.43. The number of ether oxygens (including phenoxy) is 3. The van der Waals surface area contributed by atoms with E-state index in [1.54, 1.807) is 17.0 Å². The van der Waals surface area contributed by atoms with Crippen LogP contribution in [0.15, 0.2) is 41.4 Å². The first-order valence-corrected chi connectivity index (χ1v) is 9.71. The third-order valence-electron chi connectivity index (χ3n) is 5.03. The van der Waals surface area contributed by atoms with E-state index < -0.39 is 0 Å². The lowest BCUT2D eigenvalue weighted by Crippen LogP contribution is -2.45. The van der Waals surface area contributed by atoms with Crippen LogP contribution < -0.4 is 14.4 Å². The van der Waals surface area contributed by atoms with Gasteiger partial charge in [0, 0.05) is 30.8 Å². The number of rotatable bonds is 5. The van der Waals surface area contributed by atoms with E-state index in [0.717, 1.165) is 24.3 Å². The smallest absolute Gasteiger partial charge is 0.278 e. The third-order valence-corrected chi connectivity index (χ3v) is 5.32. The Morgan fingerprint density at radius 2 is 1.83 bits per heavy atom. The standard InChI is InChI=1S/C21H22ClN3O4/c1-27-18-12-16(19(28-2)11-15(18)22)23-20-14-5-3-4-6-17(14)25(21(20)26)13-24-7-9-29-10-8-24/h3-6,11-12H,7-10,13H2,1-2H3. The van der Waals surface area contributed by atoms with Crippen molar-refractivity contribution in [2.75, 3.05) is 52.1 Å². The van der Waals surface area contributed by atoms with E-state index in [2.05, 4.69) is 9.89 Å². The fourth-order valence-corrected chi connectivity index (χ4v) is 3.74. The Labute approximate surface area is 174 Å². The fraction of sp³-hybridized carbons (Fsp3) is 0.333. The van der Waals surface area contributed by atoms with Gasteiger partial charge in [0.1, 0.15) is 22.9 Å². The van der Waals surface area contributed by atoms with E-state index in [9.17, 15) is 4.79 Å². The minimum absolute atomic E-state index is 0.145. The van der Waals surface area contributed by atoms with Gasteiger partial charge in [0.05, 0.1) is 44.8 Å². The molecule has 0 aliphatic carbocycles. The predicted molar refractivity (Wildman–Crippen MR) is 112 cm³/mol. The van der Waals surface area contributed by atoms with E-state index >= 15 is 0 Å². The molecule has 2 aliphatic rings. The molecular weight excluding hydrogens is 394 g/mol. The van der Waals surface area contributed by atoms with Gasteiger partial charge in [0.2, 0.25) is 0 Å². The second-order valence-electron chi connectivity index (χ2n) is 6.74. The van der Waals surface area contributed by atoms with Crippen molar-refractivity contribution in [1.29, 1.82) is 0 Å². The molecule has 0 spiro atoms. The zero-order chi connectivity index (χ0) is 20.4. The molecule has 4 rings (SSSR count). The SMILES string of the molecule is COc1cc(N=C2C(=O)N(CN3CCOCC3)c3ccccc32)c(OC)cc1Cl. The highest BCUT2D eigenvalue weighted by atomic mass is 35.5.